The van der Waals surface area contributed by atoms with E-state index < -0.39 is 0 Å². The number of rotatable bonds is 7. The van der Waals surface area contributed by atoms with E-state index in [0.717, 1.165) is 36.7 Å². The van der Waals surface area contributed by atoms with E-state index in [-0.39, 0.29) is 6.04 Å². The van der Waals surface area contributed by atoms with Gasteiger partial charge in [0.25, 0.3) is 0 Å². The predicted molar refractivity (Wildman–Crippen MR) is 103 cm³/mol. The number of aryl methyl sites for hydroxylation is 2. The molecule has 0 bridgehead atoms. The molecule has 0 radical (unpaired) electrons. The van der Waals surface area contributed by atoms with E-state index in [9.17, 15) is 0 Å². The molecule has 136 valence electrons. The van der Waals surface area contributed by atoms with Gasteiger partial charge in [-0.1, -0.05) is 6.07 Å². The predicted octanol–water partition coefficient (Wildman–Crippen LogP) is 2.16. The Bertz CT molecular complexity index is 689. The first kappa shape index (κ1) is 19.0. The molecular formula is C19H30N6. The van der Waals surface area contributed by atoms with Gasteiger partial charge in [0.1, 0.15) is 0 Å². The summed E-state index contributed by atoms with van der Waals surface area (Å²) in [4.78, 5) is 9.01. The van der Waals surface area contributed by atoms with Crippen LogP contribution in [-0.2, 0) is 19.9 Å². The number of nitrogens with zero attached hydrogens (tertiary/aromatic N) is 4. The average molecular weight is 342 g/mol. The maximum Gasteiger partial charge on any atom is 0.191 e. The van der Waals surface area contributed by atoms with Crippen LogP contribution in [0.5, 0.6) is 0 Å². The molecule has 2 aromatic rings. The third-order valence-corrected chi connectivity index (χ3v) is 4.26. The fourth-order valence-corrected chi connectivity index (χ4v) is 2.85. The van der Waals surface area contributed by atoms with Gasteiger partial charge in [-0.25, -0.2) is 0 Å². The average Bonchev–Trinajstić information content (AvgIpc) is 2.82. The molecule has 1 atom stereocenters. The second-order valence-corrected chi connectivity index (χ2v) is 6.35. The van der Waals surface area contributed by atoms with Crippen molar-refractivity contribution in [3.05, 3.63) is 47.0 Å². The van der Waals surface area contributed by atoms with Crippen molar-refractivity contribution >= 4 is 5.96 Å². The van der Waals surface area contributed by atoms with E-state index in [1.165, 1.54) is 11.3 Å². The number of pyridine rings is 1. The van der Waals surface area contributed by atoms with Crippen molar-refractivity contribution in [3.63, 3.8) is 0 Å². The number of hydrogen-bond donors (Lipinski definition) is 2. The summed E-state index contributed by atoms with van der Waals surface area (Å²) in [5.74, 6) is 0.852. The van der Waals surface area contributed by atoms with Crippen LogP contribution in [0.3, 0.4) is 0 Å². The molecule has 0 aliphatic heterocycles. The van der Waals surface area contributed by atoms with Crippen molar-refractivity contribution in [2.24, 2.45) is 12.0 Å². The van der Waals surface area contributed by atoms with Crippen LogP contribution in [-0.4, -0.2) is 39.9 Å². The number of hydrogen-bond acceptors (Lipinski definition) is 3. The van der Waals surface area contributed by atoms with Crippen molar-refractivity contribution in [2.45, 2.75) is 46.6 Å². The maximum absolute atomic E-state index is 4.67. The molecule has 2 N–H and O–H groups in total. The second-order valence-electron chi connectivity index (χ2n) is 6.35. The largest absolute Gasteiger partial charge is 0.357 e. The van der Waals surface area contributed by atoms with Gasteiger partial charge in [0, 0.05) is 50.2 Å². The van der Waals surface area contributed by atoms with Crippen molar-refractivity contribution in [1.29, 1.82) is 0 Å². The first-order valence-electron chi connectivity index (χ1n) is 8.95. The molecule has 25 heavy (non-hydrogen) atoms. The van der Waals surface area contributed by atoms with Gasteiger partial charge in [-0.3, -0.25) is 14.7 Å². The fraction of sp³-hybridized carbons (Fsp3) is 0.526. The van der Waals surface area contributed by atoms with Crippen molar-refractivity contribution in [3.8, 4) is 0 Å². The summed E-state index contributed by atoms with van der Waals surface area (Å²) in [6.45, 7) is 10.0. The monoisotopic (exact) mass is 342 g/mol. The lowest BCUT2D eigenvalue weighted by molar-refractivity contribution is 0.635. The summed E-state index contributed by atoms with van der Waals surface area (Å²) < 4.78 is 1.95. The Morgan fingerprint density at radius 2 is 2.12 bits per heavy atom. The number of aliphatic imine (C=N–C) groups is 1. The zero-order valence-corrected chi connectivity index (χ0v) is 16.0. The SMILES string of the molecule is CCNC(=NCCc1ccccn1)NC(C)Cc1c(C)nn(C)c1C. The molecule has 0 aliphatic carbocycles. The highest BCUT2D eigenvalue weighted by atomic mass is 15.3. The zero-order chi connectivity index (χ0) is 18.2. The smallest absolute Gasteiger partial charge is 0.191 e. The summed E-state index contributed by atoms with van der Waals surface area (Å²) in [6.07, 6.45) is 3.59. The Kier molecular flexibility index (Phi) is 6.98. The third kappa shape index (κ3) is 5.59. The molecule has 0 spiro atoms. The quantitative estimate of drug-likeness (QED) is 0.598. The summed E-state index contributed by atoms with van der Waals surface area (Å²) in [6, 6.07) is 6.25. The van der Waals surface area contributed by atoms with E-state index in [1.807, 2.05) is 36.1 Å². The van der Waals surface area contributed by atoms with Crippen molar-refractivity contribution < 1.29 is 0 Å². The molecule has 0 fully saturated rings. The van der Waals surface area contributed by atoms with Gasteiger partial charge < -0.3 is 10.6 Å². The summed E-state index contributed by atoms with van der Waals surface area (Å²) >= 11 is 0. The Hall–Kier alpha value is -2.37. The summed E-state index contributed by atoms with van der Waals surface area (Å²) in [5, 5.41) is 11.3. The van der Waals surface area contributed by atoms with Gasteiger partial charge in [0.2, 0.25) is 0 Å². The lowest BCUT2D eigenvalue weighted by Gasteiger charge is -2.18. The molecule has 0 saturated carbocycles. The molecule has 0 aromatic carbocycles. The molecule has 0 saturated heterocycles. The minimum Gasteiger partial charge on any atom is -0.357 e. The van der Waals surface area contributed by atoms with Crippen LogP contribution in [0.25, 0.3) is 0 Å². The van der Waals surface area contributed by atoms with Gasteiger partial charge >= 0.3 is 0 Å². The van der Waals surface area contributed by atoms with Crippen molar-refractivity contribution in [1.82, 2.24) is 25.4 Å². The van der Waals surface area contributed by atoms with E-state index in [4.69, 9.17) is 0 Å². The maximum atomic E-state index is 4.67. The van der Waals surface area contributed by atoms with Crippen molar-refractivity contribution in [2.75, 3.05) is 13.1 Å². The summed E-state index contributed by atoms with van der Waals surface area (Å²) in [5.41, 5.74) is 4.71. The van der Waals surface area contributed by atoms with Gasteiger partial charge in [0.05, 0.1) is 5.69 Å². The van der Waals surface area contributed by atoms with Crippen LogP contribution in [0, 0.1) is 13.8 Å². The van der Waals surface area contributed by atoms with E-state index >= 15 is 0 Å². The zero-order valence-electron chi connectivity index (χ0n) is 16.0. The highest BCUT2D eigenvalue weighted by Crippen LogP contribution is 2.14. The minimum atomic E-state index is 0.272. The fourth-order valence-electron chi connectivity index (χ4n) is 2.85. The van der Waals surface area contributed by atoms with Crippen LogP contribution in [0.4, 0.5) is 0 Å². The Morgan fingerprint density at radius 3 is 2.72 bits per heavy atom. The van der Waals surface area contributed by atoms with Crippen LogP contribution in [0.15, 0.2) is 29.4 Å². The molecular weight excluding hydrogens is 312 g/mol. The number of guanidine groups is 1. The van der Waals surface area contributed by atoms with E-state index in [1.54, 1.807) is 0 Å². The van der Waals surface area contributed by atoms with E-state index in [0.29, 0.717) is 6.54 Å². The van der Waals surface area contributed by atoms with Gasteiger partial charge in [-0.05, 0) is 51.8 Å². The first-order valence-corrected chi connectivity index (χ1v) is 8.95. The van der Waals surface area contributed by atoms with Crippen LogP contribution in [0.2, 0.25) is 0 Å². The van der Waals surface area contributed by atoms with Crippen LogP contribution in [0.1, 0.15) is 36.5 Å². The lowest BCUT2D eigenvalue weighted by Crippen LogP contribution is -2.43. The first-order chi connectivity index (χ1) is 12.0. The number of aromatic nitrogens is 3. The Labute approximate surface area is 150 Å². The molecule has 6 heteroatoms. The minimum absolute atomic E-state index is 0.272. The third-order valence-electron chi connectivity index (χ3n) is 4.26. The molecule has 0 amide bonds. The number of nitrogens with one attached hydrogen (secondary N) is 2. The molecule has 0 aliphatic rings. The highest BCUT2D eigenvalue weighted by Gasteiger charge is 2.13. The molecule has 2 rings (SSSR count). The highest BCUT2D eigenvalue weighted by molar-refractivity contribution is 5.80. The Balaban J connectivity index is 1.94. The van der Waals surface area contributed by atoms with Crippen LogP contribution >= 0.6 is 0 Å². The normalized spacial score (nSPS) is 12.9. The lowest BCUT2D eigenvalue weighted by atomic mass is 10.1. The molecule has 6 nitrogen and oxygen atoms in total. The second kappa shape index (κ2) is 9.20. The van der Waals surface area contributed by atoms with E-state index in [2.05, 4.69) is 53.4 Å². The molecule has 1 unspecified atom stereocenters. The summed E-state index contributed by atoms with van der Waals surface area (Å²) in [7, 11) is 1.99. The standard InChI is InChI=1S/C19H30N6/c1-6-20-19(22-12-10-17-9-7-8-11-21-17)23-14(2)13-18-15(3)24-25(5)16(18)4/h7-9,11,14H,6,10,12-13H2,1-5H3,(H2,20,22,23). The molecule has 2 aromatic heterocycles. The van der Waals surface area contributed by atoms with Gasteiger partial charge in [-0.15, -0.1) is 0 Å². The van der Waals surface area contributed by atoms with Crippen LogP contribution < -0.4 is 10.6 Å². The topological polar surface area (TPSA) is 67.1 Å². The molecule has 2 heterocycles. The Morgan fingerprint density at radius 1 is 1.32 bits per heavy atom. The van der Waals surface area contributed by atoms with Gasteiger partial charge in [-0.2, -0.15) is 5.10 Å². The van der Waals surface area contributed by atoms with Gasteiger partial charge in [0.15, 0.2) is 5.96 Å².